The summed E-state index contributed by atoms with van der Waals surface area (Å²) in [5.74, 6) is 1.16. The van der Waals surface area contributed by atoms with Gasteiger partial charge in [-0.15, -0.1) is 0 Å². The molecule has 5 aliphatic rings. The van der Waals surface area contributed by atoms with Crippen molar-refractivity contribution in [3.05, 3.63) is 197 Å². The molecule has 2 N–H and O–H groups in total. The molecule has 0 saturated heterocycles. The van der Waals surface area contributed by atoms with Crippen LogP contribution in [0.3, 0.4) is 0 Å². The summed E-state index contributed by atoms with van der Waals surface area (Å²) in [6, 6.07) is 44.6. The molecule has 10 rings (SSSR count). The highest BCUT2D eigenvalue weighted by atomic mass is 15.3. The average Bonchev–Trinajstić information content (AvgIpc) is 3.65. The van der Waals surface area contributed by atoms with Crippen LogP contribution < -0.4 is 15.5 Å². The van der Waals surface area contributed by atoms with Gasteiger partial charge in [0, 0.05) is 28.3 Å². The van der Waals surface area contributed by atoms with E-state index < -0.39 is 0 Å². The van der Waals surface area contributed by atoms with E-state index >= 15 is 0 Å². The van der Waals surface area contributed by atoms with Crippen LogP contribution in [-0.2, 0) is 5.41 Å². The highest BCUT2D eigenvalue weighted by Gasteiger charge is 2.43. The molecule has 3 aliphatic carbocycles. The summed E-state index contributed by atoms with van der Waals surface area (Å²) in [6.07, 6.45) is 15.8. The largest absolute Gasteiger partial charge is 0.350 e. The lowest BCUT2D eigenvalue weighted by atomic mass is 9.81. The second-order valence-corrected chi connectivity index (χ2v) is 15.2. The molecule has 2 aliphatic heterocycles. The smallest absolute Gasteiger partial charge is 0.131 e. The minimum Gasteiger partial charge on any atom is -0.350 e. The molecule has 4 nitrogen and oxygen atoms in total. The van der Waals surface area contributed by atoms with Gasteiger partial charge < -0.3 is 10.2 Å². The Labute approximate surface area is 306 Å². The monoisotopic (exact) mass is 674 g/mol. The highest BCUT2D eigenvalue weighted by Crippen LogP contribution is 2.56. The van der Waals surface area contributed by atoms with Crippen LogP contribution in [0.1, 0.15) is 72.2 Å². The Bertz CT molecular complexity index is 2360. The lowest BCUT2D eigenvalue weighted by Crippen LogP contribution is -2.49. The number of hydrogen-bond acceptors (Lipinski definition) is 4. The van der Waals surface area contributed by atoms with E-state index in [9.17, 15) is 0 Å². The van der Waals surface area contributed by atoms with Gasteiger partial charge in [0.25, 0.3) is 0 Å². The maximum atomic E-state index is 5.20. The van der Waals surface area contributed by atoms with Gasteiger partial charge in [-0.2, -0.15) is 0 Å². The molecular formula is C48H42N4. The first-order valence-corrected chi connectivity index (χ1v) is 18.7. The van der Waals surface area contributed by atoms with Crippen molar-refractivity contribution in [1.82, 2.24) is 10.6 Å². The van der Waals surface area contributed by atoms with Crippen LogP contribution in [0, 0.1) is 0 Å². The van der Waals surface area contributed by atoms with Crippen molar-refractivity contribution in [3.63, 3.8) is 0 Å². The van der Waals surface area contributed by atoms with Gasteiger partial charge >= 0.3 is 0 Å². The fraction of sp³-hybridized carbons (Fsp3) is 0.188. The second-order valence-electron chi connectivity index (χ2n) is 15.2. The quantitative estimate of drug-likeness (QED) is 0.195. The predicted octanol–water partition coefficient (Wildman–Crippen LogP) is 10.5. The molecule has 0 aromatic heterocycles. The lowest BCUT2D eigenvalue weighted by molar-refractivity contribution is 0.425. The average molecular weight is 675 g/mol. The van der Waals surface area contributed by atoms with Crippen molar-refractivity contribution < 1.29 is 0 Å². The summed E-state index contributed by atoms with van der Waals surface area (Å²) in [5, 5.41) is 7.66. The number of benzene rings is 5. The van der Waals surface area contributed by atoms with Crippen molar-refractivity contribution in [1.29, 1.82) is 0 Å². The number of hydrogen-bond donors (Lipinski definition) is 2. The predicted molar refractivity (Wildman–Crippen MR) is 215 cm³/mol. The van der Waals surface area contributed by atoms with Crippen molar-refractivity contribution in [2.75, 3.05) is 4.90 Å². The van der Waals surface area contributed by atoms with Crippen LogP contribution in [0.5, 0.6) is 0 Å². The van der Waals surface area contributed by atoms with Crippen LogP contribution in [0.2, 0.25) is 0 Å². The van der Waals surface area contributed by atoms with E-state index in [1.165, 1.54) is 61.5 Å². The number of rotatable bonds is 5. The van der Waals surface area contributed by atoms with Crippen LogP contribution in [0.25, 0.3) is 16.7 Å². The van der Waals surface area contributed by atoms with Crippen LogP contribution in [-0.4, -0.2) is 18.0 Å². The molecule has 2 heterocycles. The summed E-state index contributed by atoms with van der Waals surface area (Å²) >= 11 is 0. The zero-order valence-electron chi connectivity index (χ0n) is 29.6. The van der Waals surface area contributed by atoms with Crippen LogP contribution >= 0.6 is 0 Å². The van der Waals surface area contributed by atoms with Crippen LogP contribution in [0.4, 0.5) is 11.4 Å². The van der Waals surface area contributed by atoms with Gasteiger partial charge in [-0.3, -0.25) is 5.32 Å². The van der Waals surface area contributed by atoms with E-state index in [0.717, 1.165) is 24.2 Å². The summed E-state index contributed by atoms with van der Waals surface area (Å²) < 4.78 is 0. The zero-order valence-corrected chi connectivity index (χ0v) is 29.6. The molecule has 0 fully saturated rings. The highest BCUT2D eigenvalue weighted by molar-refractivity contribution is 5.99. The standard InChI is InChI=1S/C48H42N4/c1-48(2)41-24-13-12-23-37(41)39-29-40-38-26-25-34(31-15-6-3-7-16-31)28-43(38)52(44(40)30-42(39)48)36-22-14-21-35(27-36)47-50-45(32-17-8-4-9-18-32)49-46(51-47)33-19-10-5-11-20-33/h3-10,12-19,21-30,38,43,46-47,51H,11,20H2,1-2H3,(H,49,50). The summed E-state index contributed by atoms with van der Waals surface area (Å²) in [7, 11) is 0. The van der Waals surface area contributed by atoms with E-state index in [-0.39, 0.29) is 29.7 Å². The number of allylic oxidation sites excluding steroid dienone is 5. The third-order valence-electron chi connectivity index (χ3n) is 11.7. The molecule has 5 aromatic rings. The SMILES string of the molecule is CC1(C)c2ccccc2-c2cc3c(cc21)N(c1cccc(C2NC(c4ccccc4)=NC(C4=CC=CCC4)N2)c1)C1C=C(c2ccccc2)C=CC31. The minimum absolute atomic E-state index is 0.0791. The number of amidine groups is 1. The first-order chi connectivity index (χ1) is 25.5. The minimum atomic E-state index is -0.113. The second kappa shape index (κ2) is 12.2. The van der Waals surface area contributed by atoms with Gasteiger partial charge in [-0.1, -0.05) is 147 Å². The van der Waals surface area contributed by atoms with Crippen molar-refractivity contribution in [3.8, 4) is 11.1 Å². The summed E-state index contributed by atoms with van der Waals surface area (Å²) in [4.78, 5) is 7.81. The number of nitrogens with one attached hydrogen (secondary N) is 2. The molecule has 52 heavy (non-hydrogen) atoms. The maximum absolute atomic E-state index is 5.20. The zero-order chi connectivity index (χ0) is 34.8. The van der Waals surface area contributed by atoms with Gasteiger partial charge in [0.2, 0.25) is 0 Å². The molecule has 254 valence electrons. The van der Waals surface area contributed by atoms with E-state index in [1.54, 1.807) is 0 Å². The Balaban J connectivity index is 1.09. The Morgan fingerprint density at radius 3 is 2.37 bits per heavy atom. The van der Waals surface area contributed by atoms with Crippen LogP contribution in [0.15, 0.2) is 168 Å². The third kappa shape index (κ3) is 5.04. The van der Waals surface area contributed by atoms with Gasteiger partial charge in [0.15, 0.2) is 0 Å². The van der Waals surface area contributed by atoms with Crippen molar-refractivity contribution >= 4 is 22.8 Å². The van der Waals surface area contributed by atoms with Crippen molar-refractivity contribution in [2.45, 2.75) is 56.4 Å². The molecule has 4 unspecified atom stereocenters. The molecule has 4 atom stereocenters. The molecular weight excluding hydrogens is 633 g/mol. The molecule has 0 spiro atoms. The van der Waals surface area contributed by atoms with E-state index in [0.29, 0.717) is 0 Å². The molecule has 0 bridgehead atoms. The Morgan fingerprint density at radius 2 is 1.56 bits per heavy atom. The fourth-order valence-electron chi connectivity index (χ4n) is 9.08. The van der Waals surface area contributed by atoms with Gasteiger partial charge in [-0.25, -0.2) is 4.99 Å². The fourth-order valence-corrected chi connectivity index (χ4v) is 9.08. The summed E-state index contributed by atoms with van der Waals surface area (Å²) in [6.45, 7) is 4.76. The maximum Gasteiger partial charge on any atom is 0.131 e. The molecule has 0 radical (unpaired) electrons. The first kappa shape index (κ1) is 31.1. The molecule has 4 heteroatoms. The third-order valence-corrected chi connectivity index (χ3v) is 11.7. The number of anilines is 2. The topological polar surface area (TPSA) is 39.7 Å². The molecule has 0 saturated carbocycles. The van der Waals surface area contributed by atoms with Gasteiger partial charge in [-0.05, 0) is 87.2 Å². The van der Waals surface area contributed by atoms with Gasteiger partial charge in [0.1, 0.15) is 18.2 Å². The molecule has 0 amide bonds. The number of fused-ring (bicyclic) bond motifs is 6. The van der Waals surface area contributed by atoms with E-state index in [2.05, 4.69) is 187 Å². The van der Waals surface area contributed by atoms with E-state index in [1.807, 2.05) is 0 Å². The Kier molecular flexibility index (Phi) is 7.29. The Hall–Kier alpha value is -5.71. The Morgan fingerprint density at radius 1 is 0.769 bits per heavy atom. The number of aliphatic imine (C=N–C) groups is 1. The van der Waals surface area contributed by atoms with Crippen molar-refractivity contribution in [2.24, 2.45) is 4.99 Å². The molecule has 5 aromatic carbocycles. The first-order valence-electron chi connectivity index (χ1n) is 18.7. The number of nitrogens with zero attached hydrogens (tertiary/aromatic N) is 2. The summed E-state index contributed by atoms with van der Waals surface area (Å²) in [5.41, 5.74) is 15.5. The normalized spacial score (nSPS) is 23.4. The van der Waals surface area contributed by atoms with E-state index in [4.69, 9.17) is 4.99 Å². The lowest BCUT2D eigenvalue weighted by Gasteiger charge is -2.35. The van der Waals surface area contributed by atoms with Gasteiger partial charge in [0.05, 0.1) is 6.04 Å².